The molecular formula is C22H21N3O3. The van der Waals surface area contributed by atoms with Gasteiger partial charge in [0.15, 0.2) is 11.6 Å². The Bertz CT molecular complexity index is 955. The standard InChI is InChI=1S/C22H21N3O3/c26-22(23-17-4-2-1-3-5-17)25-11-13-28-20-9-7-18(24-21(20)25)15-6-8-19-16(14-15)10-12-27-19/h1-9,14,16,19H,10-13H2,(H,23,26). The summed E-state index contributed by atoms with van der Waals surface area (Å²) in [5.74, 6) is 1.57. The number of benzene rings is 1. The molecule has 1 N–H and O–H groups in total. The second kappa shape index (κ2) is 7.13. The Labute approximate surface area is 163 Å². The van der Waals surface area contributed by atoms with Gasteiger partial charge in [0.1, 0.15) is 6.61 Å². The van der Waals surface area contributed by atoms with E-state index in [4.69, 9.17) is 14.5 Å². The predicted molar refractivity (Wildman–Crippen MR) is 108 cm³/mol. The van der Waals surface area contributed by atoms with Gasteiger partial charge in [-0.15, -0.1) is 0 Å². The molecule has 0 saturated carbocycles. The van der Waals surface area contributed by atoms with Crippen LogP contribution in [0.25, 0.3) is 5.57 Å². The molecule has 0 spiro atoms. The first kappa shape index (κ1) is 17.0. The van der Waals surface area contributed by atoms with Gasteiger partial charge >= 0.3 is 6.03 Å². The molecule has 0 radical (unpaired) electrons. The first-order valence-corrected chi connectivity index (χ1v) is 9.57. The highest BCUT2D eigenvalue weighted by molar-refractivity contribution is 6.02. The van der Waals surface area contributed by atoms with Crippen molar-refractivity contribution in [2.75, 3.05) is 30.0 Å². The number of carbonyl (C=O) groups is 1. The van der Waals surface area contributed by atoms with Gasteiger partial charge in [0.05, 0.1) is 18.3 Å². The lowest BCUT2D eigenvalue weighted by Crippen LogP contribution is -2.41. The van der Waals surface area contributed by atoms with E-state index in [0.717, 1.165) is 30.0 Å². The van der Waals surface area contributed by atoms with Crippen LogP contribution in [0.4, 0.5) is 16.3 Å². The number of anilines is 2. The molecule has 2 atom stereocenters. The van der Waals surface area contributed by atoms with Crippen molar-refractivity contribution >= 4 is 23.1 Å². The molecule has 1 aromatic carbocycles. The number of carbonyl (C=O) groups excluding carboxylic acids is 1. The van der Waals surface area contributed by atoms with E-state index in [0.29, 0.717) is 30.6 Å². The van der Waals surface area contributed by atoms with E-state index < -0.39 is 0 Å². The molecule has 1 aromatic heterocycles. The van der Waals surface area contributed by atoms with Gasteiger partial charge in [-0.3, -0.25) is 4.90 Å². The number of aromatic nitrogens is 1. The average Bonchev–Trinajstić information content (AvgIpc) is 3.21. The summed E-state index contributed by atoms with van der Waals surface area (Å²) < 4.78 is 11.4. The molecule has 2 unspecified atom stereocenters. The Morgan fingerprint density at radius 2 is 2.04 bits per heavy atom. The maximum atomic E-state index is 12.8. The highest BCUT2D eigenvalue weighted by Crippen LogP contribution is 2.35. The van der Waals surface area contributed by atoms with Gasteiger partial charge in [0.2, 0.25) is 0 Å². The molecule has 2 aliphatic heterocycles. The molecule has 142 valence electrons. The minimum absolute atomic E-state index is 0.179. The third-order valence-corrected chi connectivity index (χ3v) is 5.28. The maximum absolute atomic E-state index is 12.8. The van der Waals surface area contributed by atoms with Gasteiger partial charge in [-0.1, -0.05) is 36.4 Å². The van der Waals surface area contributed by atoms with Crippen LogP contribution in [0.1, 0.15) is 12.1 Å². The predicted octanol–water partition coefficient (Wildman–Crippen LogP) is 3.87. The molecule has 3 heterocycles. The zero-order valence-corrected chi connectivity index (χ0v) is 15.4. The summed E-state index contributed by atoms with van der Waals surface area (Å²) in [6, 6.07) is 13.1. The smallest absolute Gasteiger partial charge is 0.327 e. The van der Waals surface area contributed by atoms with Crippen LogP contribution in [0.2, 0.25) is 0 Å². The van der Waals surface area contributed by atoms with Gasteiger partial charge in [0.25, 0.3) is 0 Å². The van der Waals surface area contributed by atoms with Gasteiger partial charge < -0.3 is 14.8 Å². The number of para-hydroxylation sites is 1. The Morgan fingerprint density at radius 1 is 1.14 bits per heavy atom. The Kier molecular flexibility index (Phi) is 4.33. The van der Waals surface area contributed by atoms with Gasteiger partial charge in [-0.25, -0.2) is 9.78 Å². The number of fused-ring (bicyclic) bond motifs is 2. The number of hydrogen-bond acceptors (Lipinski definition) is 4. The van der Waals surface area contributed by atoms with Gasteiger partial charge in [-0.2, -0.15) is 0 Å². The zero-order valence-electron chi connectivity index (χ0n) is 15.4. The van der Waals surface area contributed by atoms with Crippen molar-refractivity contribution < 1.29 is 14.3 Å². The summed E-state index contributed by atoms with van der Waals surface area (Å²) in [5, 5.41) is 2.93. The molecule has 0 bridgehead atoms. The SMILES string of the molecule is O=C(Nc1ccccc1)N1CCOc2ccc(C3=CC4CCOC4C=C3)nc21. The fourth-order valence-corrected chi connectivity index (χ4v) is 3.83. The lowest BCUT2D eigenvalue weighted by atomic mass is 9.91. The first-order valence-electron chi connectivity index (χ1n) is 9.57. The Morgan fingerprint density at radius 3 is 2.93 bits per heavy atom. The minimum atomic E-state index is -0.210. The van der Waals surface area contributed by atoms with Crippen LogP contribution in [-0.2, 0) is 4.74 Å². The normalized spacial score (nSPS) is 22.7. The summed E-state index contributed by atoms with van der Waals surface area (Å²) in [6.45, 7) is 1.69. The first-order chi connectivity index (χ1) is 13.8. The maximum Gasteiger partial charge on any atom is 0.327 e. The molecule has 6 nitrogen and oxygen atoms in total. The van der Waals surface area contributed by atoms with Gasteiger partial charge in [-0.05, 0) is 36.3 Å². The van der Waals surface area contributed by atoms with Crippen LogP contribution >= 0.6 is 0 Å². The van der Waals surface area contributed by atoms with E-state index >= 15 is 0 Å². The zero-order chi connectivity index (χ0) is 18.9. The molecule has 5 rings (SSSR count). The number of ether oxygens (including phenoxy) is 2. The molecule has 1 fully saturated rings. The van der Waals surface area contributed by atoms with E-state index in [2.05, 4.69) is 23.5 Å². The number of hydrogen-bond donors (Lipinski definition) is 1. The second-order valence-electron chi connectivity index (χ2n) is 7.08. The number of rotatable bonds is 2. The number of pyridine rings is 1. The van der Waals surface area contributed by atoms with Crippen molar-refractivity contribution in [2.45, 2.75) is 12.5 Å². The number of amides is 2. The molecular weight excluding hydrogens is 354 g/mol. The Hall–Kier alpha value is -3.12. The number of nitrogens with one attached hydrogen (secondary N) is 1. The molecule has 6 heteroatoms. The lowest BCUT2D eigenvalue weighted by molar-refractivity contribution is 0.135. The van der Waals surface area contributed by atoms with Crippen LogP contribution in [0.3, 0.4) is 0 Å². The van der Waals surface area contributed by atoms with E-state index in [-0.39, 0.29) is 12.1 Å². The highest BCUT2D eigenvalue weighted by atomic mass is 16.5. The number of urea groups is 1. The van der Waals surface area contributed by atoms with Crippen molar-refractivity contribution in [2.24, 2.45) is 5.92 Å². The molecule has 2 aromatic rings. The van der Waals surface area contributed by atoms with E-state index in [1.165, 1.54) is 0 Å². The summed E-state index contributed by atoms with van der Waals surface area (Å²) in [5.41, 5.74) is 2.65. The molecule has 2 amide bonds. The largest absolute Gasteiger partial charge is 0.488 e. The van der Waals surface area contributed by atoms with Crippen molar-refractivity contribution in [3.8, 4) is 5.75 Å². The highest BCUT2D eigenvalue weighted by Gasteiger charge is 2.29. The molecule has 1 saturated heterocycles. The third-order valence-electron chi connectivity index (χ3n) is 5.28. The topological polar surface area (TPSA) is 63.7 Å². The van der Waals surface area contributed by atoms with Gasteiger partial charge in [0, 0.05) is 18.2 Å². The van der Waals surface area contributed by atoms with Crippen molar-refractivity contribution in [3.63, 3.8) is 0 Å². The Balaban J connectivity index is 1.43. The van der Waals surface area contributed by atoms with Crippen LogP contribution in [0, 0.1) is 5.92 Å². The summed E-state index contributed by atoms with van der Waals surface area (Å²) >= 11 is 0. The summed E-state index contributed by atoms with van der Waals surface area (Å²) in [7, 11) is 0. The molecule has 1 aliphatic carbocycles. The van der Waals surface area contributed by atoms with Crippen molar-refractivity contribution in [1.82, 2.24) is 4.98 Å². The fraction of sp³-hybridized carbons (Fsp3) is 0.273. The van der Waals surface area contributed by atoms with E-state index in [9.17, 15) is 4.79 Å². The second-order valence-corrected chi connectivity index (χ2v) is 7.08. The van der Waals surface area contributed by atoms with E-state index in [1.54, 1.807) is 4.90 Å². The number of allylic oxidation sites excluding steroid dienone is 2. The molecule has 3 aliphatic rings. The quantitative estimate of drug-likeness (QED) is 0.865. The monoisotopic (exact) mass is 375 g/mol. The third kappa shape index (κ3) is 3.16. The minimum Gasteiger partial charge on any atom is -0.488 e. The summed E-state index contributed by atoms with van der Waals surface area (Å²) in [6.07, 6.45) is 7.59. The van der Waals surface area contributed by atoms with Crippen LogP contribution in [0.5, 0.6) is 5.75 Å². The fourth-order valence-electron chi connectivity index (χ4n) is 3.83. The van der Waals surface area contributed by atoms with Crippen LogP contribution < -0.4 is 15.0 Å². The number of nitrogens with zero attached hydrogens (tertiary/aromatic N) is 2. The average molecular weight is 375 g/mol. The van der Waals surface area contributed by atoms with Crippen molar-refractivity contribution in [1.29, 1.82) is 0 Å². The lowest BCUT2D eigenvalue weighted by Gasteiger charge is -2.29. The van der Waals surface area contributed by atoms with E-state index in [1.807, 2.05) is 42.5 Å². The van der Waals surface area contributed by atoms with Crippen LogP contribution in [0.15, 0.2) is 60.7 Å². The van der Waals surface area contributed by atoms with Crippen LogP contribution in [-0.4, -0.2) is 36.9 Å². The molecule has 28 heavy (non-hydrogen) atoms. The van der Waals surface area contributed by atoms with Crippen molar-refractivity contribution in [3.05, 3.63) is 66.4 Å². The summed E-state index contributed by atoms with van der Waals surface area (Å²) in [4.78, 5) is 19.3.